The lowest BCUT2D eigenvalue weighted by atomic mass is 10.2. The summed E-state index contributed by atoms with van der Waals surface area (Å²) in [6, 6.07) is 9.34. The third-order valence-electron chi connectivity index (χ3n) is 4.55. The van der Waals surface area contributed by atoms with Crippen LogP contribution < -0.4 is 0 Å². The quantitative estimate of drug-likeness (QED) is 0.721. The first-order chi connectivity index (χ1) is 12.7. The molecule has 0 unspecified atom stereocenters. The molecule has 0 saturated carbocycles. The van der Waals surface area contributed by atoms with Gasteiger partial charge in [-0.1, -0.05) is 6.07 Å². The monoisotopic (exact) mass is 348 g/mol. The molecule has 0 aliphatic carbocycles. The summed E-state index contributed by atoms with van der Waals surface area (Å²) in [6.07, 6.45) is 7.11. The number of amides is 1. The SMILES string of the molecule is CN1CCN(C(=O)c2cccc(-c3cnn(-c4cccnc4)c3)n2)CC1. The second-order valence-corrected chi connectivity index (χ2v) is 6.39. The molecule has 0 N–H and O–H groups in total. The highest BCUT2D eigenvalue weighted by Gasteiger charge is 2.21. The number of likely N-dealkylation sites (N-methyl/N-ethyl adjacent to an activating group) is 1. The molecule has 4 rings (SSSR count). The molecule has 3 aromatic heterocycles. The summed E-state index contributed by atoms with van der Waals surface area (Å²) in [7, 11) is 2.07. The number of rotatable bonds is 3. The molecule has 1 aliphatic rings. The van der Waals surface area contributed by atoms with E-state index in [1.54, 1.807) is 29.3 Å². The van der Waals surface area contributed by atoms with E-state index in [9.17, 15) is 4.79 Å². The van der Waals surface area contributed by atoms with Crippen molar-refractivity contribution in [1.82, 2.24) is 29.5 Å². The van der Waals surface area contributed by atoms with Gasteiger partial charge in [0.15, 0.2) is 0 Å². The Labute approximate surface area is 151 Å². The van der Waals surface area contributed by atoms with Crippen molar-refractivity contribution in [2.45, 2.75) is 0 Å². The number of piperazine rings is 1. The van der Waals surface area contributed by atoms with E-state index in [1.165, 1.54) is 0 Å². The first-order valence-electron chi connectivity index (χ1n) is 8.61. The first-order valence-corrected chi connectivity index (χ1v) is 8.61. The molecule has 1 saturated heterocycles. The molecule has 7 heteroatoms. The van der Waals surface area contributed by atoms with Gasteiger partial charge in [-0.25, -0.2) is 9.67 Å². The van der Waals surface area contributed by atoms with Crippen LogP contribution in [0, 0.1) is 0 Å². The van der Waals surface area contributed by atoms with E-state index in [1.807, 2.05) is 35.4 Å². The van der Waals surface area contributed by atoms with Crippen molar-refractivity contribution in [3.05, 3.63) is 60.8 Å². The van der Waals surface area contributed by atoms with Gasteiger partial charge in [-0.15, -0.1) is 0 Å². The Hall–Kier alpha value is -3.06. The number of carbonyl (C=O) groups is 1. The maximum atomic E-state index is 12.7. The standard InChI is InChI=1S/C19H20N6O/c1-23-8-10-24(11-9-23)19(26)18-6-2-5-17(22-18)15-12-21-25(14-15)16-4-3-7-20-13-16/h2-7,12-14H,8-11H2,1H3. The number of pyridine rings is 2. The molecule has 0 bridgehead atoms. The van der Waals surface area contributed by atoms with Crippen LogP contribution in [-0.4, -0.2) is 68.7 Å². The molecule has 26 heavy (non-hydrogen) atoms. The van der Waals surface area contributed by atoms with E-state index in [-0.39, 0.29) is 5.91 Å². The summed E-state index contributed by atoms with van der Waals surface area (Å²) in [5.41, 5.74) is 2.95. The van der Waals surface area contributed by atoms with Crippen LogP contribution in [-0.2, 0) is 0 Å². The number of hydrogen-bond donors (Lipinski definition) is 0. The van der Waals surface area contributed by atoms with Crippen LogP contribution in [0.15, 0.2) is 55.1 Å². The molecule has 1 fully saturated rings. The second-order valence-electron chi connectivity index (χ2n) is 6.39. The molecule has 0 aromatic carbocycles. The van der Waals surface area contributed by atoms with Crippen molar-refractivity contribution in [1.29, 1.82) is 0 Å². The van der Waals surface area contributed by atoms with Gasteiger partial charge in [0.05, 0.1) is 23.8 Å². The summed E-state index contributed by atoms with van der Waals surface area (Å²) in [5, 5.41) is 4.37. The van der Waals surface area contributed by atoms with Gasteiger partial charge in [-0.3, -0.25) is 9.78 Å². The maximum absolute atomic E-state index is 12.7. The van der Waals surface area contributed by atoms with Crippen LogP contribution in [0.5, 0.6) is 0 Å². The van der Waals surface area contributed by atoms with Crippen LogP contribution in [0.3, 0.4) is 0 Å². The minimum Gasteiger partial charge on any atom is -0.335 e. The van der Waals surface area contributed by atoms with Gasteiger partial charge in [0.25, 0.3) is 5.91 Å². The van der Waals surface area contributed by atoms with Crippen LogP contribution in [0.25, 0.3) is 16.9 Å². The van der Waals surface area contributed by atoms with Gasteiger partial charge in [0, 0.05) is 44.1 Å². The fourth-order valence-electron chi connectivity index (χ4n) is 2.97. The van der Waals surface area contributed by atoms with Gasteiger partial charge in [-0.2, -0.15) is 5.10 Å². The van der Waals surface area contributed by atoms with E-state index >= 15 is 0 Å². The van der Waals surface area contributed by atoms with Gasteiger partial charge in [0.2, 0.25) is 0 Å². The minimum absolute atomic E-state index is 0.0143. The summed E-state index contributed by atoms with van der Waals surface area (Å²) in [4.78, 5) is 25.5. The van der Waals surface area contributed by atoms with E-state index in [2.05, 4.69) is 27.0 Å². The predicted octanol–water partition coefficient (Wildman–Crippen LogP) is 1.72. The lowest BCUT2D eigenvalue weighted by Gasteiger charge is -2.32. The number of carbonyl (C=O) groups excluding carboxylic acids is 1. The molecule has 0 spiro atoms. The van der Waals surface area contributed by atoms with Crippen LogP contribution in [0.2, 0.25) is 0 Å². The third kappa shape index (κ3) is 3.34. The fraction of sp³-hybridized carbons (Fsp3) is 0.263. The lowest BCUT2D eigenvalue weighted by Crippen LogP contribution is -2.47. The van der Waals surface area contributed by atoms with E-state index in [4.69, 9.17) is 0 Å². The molecule has 1 aliphatic heterocycles. The number of hydrogen-bond acceptors (Lipinski definition) is 5. The normalized spacial score (nSPS) is 15.2. The zero-order valence-corrected chi connectivity index (χ0v) is 14.6. The zero-order chi connectivity index (χ0) is 17.9. The van der Waals surface area contributed by atoms with Crippen LogP contribution in [0.1, 0.15) is 10.5 Å². The molecule has 0 radical (unpaired) electrons. The molecule has 7 nitrogen and oxygen atoms in total. The Balaban J connectivity index is 1.56. The Morgan fingerprint density at radius 3 is 2.65 bits per heavy atom. The van der Waals surface area contributed by atoms with E-state index < -0.39 is 0 Å². The highest BCUT2D eigenvalue weighted by atomic mass is 16.2. The minimum atomic E-state index is -0.0143. The van der Waals surface area contributed by atoms with Crippen molar-refractivity contribution in [3.8, 4) is 16.9 Å². The Bertz CT molecular complexity index is 899. The van der Waals surface area contributed by atoms with Gasteiger partial charge in [-0.05, 0) is 31.3 Å². The van der Waals surface area contributed by atoms with Crippen LogP contribution in [0.4, 0.5) is 0 Å². The number of aromatic nitrogens is 4. The smallest absolute Gasteiger partial charge is 0.272 e. The largest absolute Gasteiger partial charge is 0.335 e. The van der Waals surface area contributed by atoms with Gasteiger partial charge in [0.1, 0.15) is 5.69 Å². The Morgan fingerprint density at radius 2 is 1.88 bits per heavy atom. The maximum Gasteiger partial charge on any atom is 0.272 e. The lowest BCUT2D eigenvalue weighted by molar-refractivity contribution is 0.0658. The molecular weight excluding hydrogens is 328 g/mol. The van der Waals surface area contributed by atoms with E-state index in [0.29, 0.717) is 5.69 Å². The first kappa shape index (κ1) is 16.4. The Kier molecular flexibility index (Phi) is 4.45. The van der Waals surface area contributed by atoms with E-state index in [0.717, 1.165) is 43.1 Å². The van der Waals surface area contributed by atoms with Crippen molar-refractivity contribution >= 4 is 5.91 Å². The van der Waals surface area contributed by atoms with Crippen molar-refractivity contribution in [3.63, 3.8) is 0 Å². The van der Waals surface area contributed by atoms with Gasteiger partial charge < -0.3 is 9.80 Å². The molecular formula is C19H20N6O. The highest BCUT2D eigenvalue weighted by molar-refractivity contribution is 5.93. The van der Waals surface area contributed by atoms with Crippen LogP contribution >= 0.6 is 0 Å². The summed E-state index contributed by atoms with van der Waals surface area (Å²) >= 11 is 0. The summed E-state index contributed by atoms with van der Waals surface area (Å²) < 4.78 is 1.75. The summed E-state index contributed by atoms with van der Waals surface area (Å²) in [6.45, 7) is 3.26. The molecule has 132 valence electrons. The average molecular weight is 348 g/mol. The highest BCUT2D eigenvalue weighted by Crippen LogP contribution is 2.19. The summed E-state index contributed by atoms with van der Waals surface area (Å²) in [5.74, 6) is -0.0143. The average Bonchev–Trinajstić information content (AvgIpc) is 3.19. The Morgan fingerprint density at radius 1 is 1.04 bits per heavy atom. The van der Waals surface area contributed by atoms with Crippen molar-refractivity contribution in [2.24, 2.45) is 0 Å². The van der Waals surface area contributed by atoms with Crippen molar-refractivity contribution in [2.75, 3.05) is 33.2 Å². The molecule has 0 atom stereocenters. The molecule has 1 amide bonds. The fourth-order valence-corrected chi connectivity index (χ4v) is 2.97. The molecule has 4 heterocycles. The third-order valence-corrected chi connectivity index (χ3v) is 4.55. The van der Waals surface area contributed by atoms with Crippen molar-refractivity contribution < 1.29 is 4.79 Å². The predicted molar refractivity (Wildman–Crippen MR) is 98.0 cm³/mol. The zero-order valence-electron chi connectivity index (χ0n) is 14.6. The van der Waals surface area contributed by atoms with Gasteiger partial charge >= 0.3 is 0 Å². The second kappa shape index (κ2) is 7.05. The number of nitrogens with zero attached hydrogens (tertiary/aromatic N) is 6. The topological polar surface area (TPSA) is 67.2 Å². The molecule has 3 aromatic rings.